The highest BCUT2D eigenvalue weighted by Crippen LogP contribution is 2.37. The third-order valence-electron chi connectivity index (χ3n) is 6.63. The van der Waals surface area contributed by atoms with Gasteiger partial charge in [-0.05, 0) is 51.2 Å². The van der Waals surface area contributed by atoms with Crippen molar-refractivity contribution in [2.75, 3.05) is 31.1 Å². The van der Waals surface area contributed by atoms with Crippen LogP contribution in [-0.2, 0) is 16.1 Å². The fourth-order valence-electron chi connectivity index (χ4n) is 4.84. The first-order valence-electron chi connectivity index (χ1n) is 11.8. The van der Waals surface area contributed by atoms with Gasteiger partial charge < -0.3 is 9.64 Å². The Labute approximate surface area is 204 Å². The van der Waals surface area contributed by atoms with Gasteiger partial charge >= 0.3 is 0 Å². The maximum atomic E-state index is 13.3. The average Bonchev–Trinajstić information content (AvgIpc) is 3.30. The standard InChI is InChI=1S/C24H30N4O3S2/c1-3-27-21(26-10-6-4-5-7-11-26)18(16(2)19(14-25)22(27)29)13-20-23(30)28(24(32)33-20)15-17-9-8-12-31-17/h13,17H,3-12,15H2,1-2H3/b20-13-. The van der Waals surface area contributed by atoms with Crippen molar-refractivity contribution in [2.24, 2.45) is 0 Å². The summed E-state index contributed by atoms with van der Waals surface area (Å²) in [6, 6.07) is 2.10. The first-order chi connectivity index (χ1) is 16.0. The van der Waals surface area contributed by atoms with E-state index >= 15 is 0 Å². The minimum absolute atomic E-state index is 0.0217. The number of amides is 1. The Kier molecular flexibility index (Phi) is 7.57. The lowest BCUT2D eigenvalue weighted by atomic mass is 10.0. The van der Waals surface area contributed by atoms with E-state index in [9.17, 15) is 14.9 Å². The quantitative estimate of drug-likeness (QED) is 0.463. The summed E-state index contributed by atoms with van der Waals surface area (Å²) in [5.41, 5.74) is 1.26. The van der Waals surface area contributed by atoms with E-state index in [2.05, 4.69) is 11.0 Å². The van der Waals surface area contributed by atoms with Crippen molar-refractivity contribution in [3.63, 3.8) is 0 Å². The molecule has 0 aromatic carbocycles. The number of anilines is 1. The second-order valence-electron chi connectivity index (χ2n) is 8.73. The summed E-state index contributed by atoms with van der Waals surface area (Å²) < 4.78 is 7.92. The maximum Gasteiger partial charge on any atom is 0.270 e. The zero-order valence-electron chi connectivity index (χ0n) is 19.3. The molecule has 3 aliphatic heterocycles. The molecule has 0 radical (unpaired) electrons. The van der Waals surface area contributed by atoms with Gasteiger partial charge in [0.05, 0.1) is 17.6 Å². The van der Waals surface area contributed by atoms with E-state index in [4.69, 9.17) is 17.0 Å². The molecule has 1 amide bonds. The Bertz CT molecular complexity index is 1070. The van der Waals surface area contributed by atoms with Gasteiger partial charge in [-0.2, -0.15) is 5.26 Å². The van der Waals surface area contributed by atoms with Crippen molar-refractivity contribution in [1.29, 1.82) is 5.26 Å². The summed E-state index contributed by atoms with van der Waals surface area (Å²) in [7, 11) is 0. The molecule has 176 valence electrons. The predicted octanol–water partition coefficient (Wildman–Crippen LogP) is 3.81. The van der Waals surface area contributed by atoms with Crippen molar-refractivity contribution in [3.8, 4) is 6.07 Å². The number of ether oxygens (including phenoxy) is 1. The van der Waals surface area contributed by atoms with E-state index in [0.29, 0.717) is 27.9 Å². The Hall–Kier alpha value is -2.15. The fraction of sp³-hybridized carbons (Fsp3) is 0.583. The lowest BCUT2D eigenvalue weighted by Gasteiger charge is -2.29. The molecule has 1 atom stereocenters. The molecule has 4 heterocycles. The van der Waals surface area contributed by atoms with Gasteiger partial charge in [0, 0.05) is 31.8 Å². The predicted molar refractivity (Wildman–Crippen MR) is 135 cm³/mol. The summed E-state index contributed by atoms with van der Waals surface area (Å²) in [6.07, 6.45) is 8.24. The molecule has 3 aliphatic rings. The smallest absolute Gasteiger partial charge is 0.270 e. The normalized spacial score (nSPS) is 22.8. The highest BCUT2D eigenvalue weighted by Gasteiger charge is 2.35. The minimum atomic E-state index is -0.264. The number of aromatic nitrogens is 1. The molecule has 0 aliphatic carbocycles. The van der Waals surface area contributed by atoms with Crippen LogP contribution in [0.15, 0.2) is 9.70 Å². The van der Waals surface area contributed by atoms with E-state index in [1.54, 1.807) is 16.4 Å². The SMILES string of the molecule is CCn1c(N2CCCCCC2)c(/C=C2\SC(=S)N(CC3CCCO3)C2=O)c(C)c(C#N)c1=O. The number of rotatable bonds is 5. The highest BCUT2D eigenvalue weighted by atomic mass is 32.2. The maximum absolute atomic E-state index is 13.3. The number of hydrogen-bond acceptors (Lipinski definition) is 7. The summed E-state index contributed by atoms with van der Waals surface area (Å²) in [6.45, 7) is 7.09. The number of hydrogen-bond donors (Lipinski definition) is 0. The number of carbonyl (C=O) groups is 1. The van der Waals surface area contributed by atoms with Crippen LogP contribution in [0.1, 0.15) is 62.1 Å². The van der Waals surface area contributed by atoms with Crippen molar-refractivity contribution in [3.05, 3.63) is 31.9 Å². The molecule has 3 fully saturated rings. The second kappa shape index (κ2) is 10.4. The number of thioether (sulfide) groups is 1. The molecule has 1 unspecified atom stereocenters. The third-order valence-corrected chi connectivity index (χ3v) is 8.01. The molecule has 1 aromatic heterocycles. The molecule has 33 heavy (non-hydrogen) atoms. The summed E-state index contributed by atoms with van der Waals surface area (Å²) in [4.78, 5) is 30.8. The first-order valence-corrected chi connectivity index (χ1v) is 13.0. The zero-order valence-corrected chi connectivity index (χ0v) is 20.9. The van der Waals surface area contributed by atoms with E-state index < -0.39 is 0 Å². The van der Waals surface area contributed by atoms with E-state index in [1.807, 2.05) is 13.0 Å². The molecule has 0 spiro atoms. The summed E-state index contributed by atoms with van der Waals surface area (Å²) in [5, 5.41) is 9.73. The van der Waals surface area contributed by atoms with Gasteiger partial charge in [0.15, 0.2) is 0 Å². The molecule has 0 N–H and O–H groups in total. The van der Waals surface area contributed by atoms with Crippen LogP contribution in [0.2, 0.25) is 0 Å². The highest BCUT2D eigenvalue weighted by molar-refractivity contribution is 8.26. The Balaban J connectivity index is 1.79. The number of nitrogens with zero attached hydrogens (tertiary/aromatic N) is 4. The van der Waals surface area contributed by atoms with Crippen molar-refractivity contribution in [2.45, 2.75) is 65.0 Å². The van der Waals surface area contributed by atoms with Gasteiger partial charge in [-0.15, -0.1) is 0 Å². The zero-order chi connectivity index (χ0) is 23.5. The molecular formula is C24H30N4O3S2. The molecule has 7 nitrogen and oxygen atoms in total. The topological polar surface area (TPSA) is 78.6 Å². The van der Waals surface area contributed by atoms with Gasteiger partial charge in [-0.25, -0.2) is 0 Å². The van der Waals surface area contributed by atoms with Crippen LogP contribution in [-0.4, -0.2) is 52.0 Å². The largest absolute Gasteiger partial charge is 0.376 e. The van der Waals surface area contributed by atoms with Crippen molar-refractivity contribution in [1.82, 2.24) is 9.47 Å². The molecule has 0 saturated carbocycles. The fourth-order valence-corrected chi connectivity index (χ4v) is 6.10. The van der Waals surface area contributed by atoms with Crippen LogP contribution in [0.3, 0.4) is 0 Å². The van der Waals surface area contributed by atoms with Gasteiger partial charge in [-0.3, -0.25) is 19.1 Å². The van der Waals surface area contributed by atoms with Gasteiger partial charge in [0.1, 0.15) is 21.8 Å². The van der Waals surface area contributed by atoms with Gasteiger partial charge in [0.25, 0.3) is 11.5 Å². The van der Waals surface area contributed by atoms with E-state index in [-0.39, 0.29) is 23.1 Å². The van der Waals surface area contributed by atoms with Crippen LogP contribution >= 0.6 is 24.0 Å². The first kappa shape index (κ1) is 24.0. The van der Waals surface area contributed by atoms with Crippen LogP contribution in [0, 0.1) is 18.3 Å². The number of thiocarbonyl (C=S) groups is 1. The van der Waals surface area contributed by atoms with Gasteiger partial charge in [0.2, 0.25) is 0 Å². The van der Waals surface area contributed by atoms with Crippen molar-refractivity contribution >= 4 is 46.1 Å². The van der Waals surface area contributed by atoms with Crippen LogP contribution in [0.5, 0.6) is 0 Å². The molecular weight excluding hydrogens is 456 g/mol. The lowest BCUT2D eigenvalue weighted by molar-refractivity contribution is -0.123. The van der Waals surface area contributed by atoms with Crippen molar-refractivity contribution < 1.29 is 9.53 Å². The molecule has 4 rings (SSSR count). The summed E-state index contributed by atoms with van der Waals surface area (Å²) in [5.74, 6) is 0.680. The molecule has 9 heteroatoms. The monoisotopic (exact) mass is 486 g/mol. The second-order valence-corrected chi connectivity index (χ2v) is 10.4. The van der Waals surface area contributed by atoms with Crippen LogP contribution in [0.25, 0.3) is 6.08 Å². The van der Waals surface area contributed by atoms with Gasteiger partial charge in [-0.1, -0.05) is 36.8 Å². The summed E-state index contributed by atoms with van der Waals surface area (Å²) >= 11 is 6.81. The molecule has 3 saturated heterocycles. The Morgan fingerprint density at radius 1 is 1.21 bits per heavy atom. The van der Waals surface area contributed by atoms with Crippen LogP contribution in [0.4, 0.5) is 5.82 Å². The van der Waals surface area contributed by atoms with E-state index in [0.717, 1.165) is 56.8 Å². The average molecular weight is 487 g/mol. The number of nitriles is 1. The van der Waals surface area contributed by atoms with Crippen LogP contribution < -0.4 is 10.5 Å². The minimum Gasteiger partial charge on any atom is -0.376 e. The third kappa shape index (κ3) is 4.75. The Morgan fingerprint density at radius 3 is 2.55 bits per heavy atom. The molecule has 1 aromatic rings. The van der Waals surface area contributed by atoms with E-state index in [1.165, 1.54) is 24.6 Å². The number of pyridine rings is 1. The Morgan fingerprint density at radius 2 is 1.94 bits per heavy atom. The molecule has 0 bridgehead atoms. The lowest BCUT2D eigenvalue weighted by Crippen LogP contribution is -2.35. The number of carbonyl (C=O) groups excluding carboxylic acids is 1.